The molecule has 88 valence electrons. The Kier molecular flexibility index (Phi) is 3.31. The highest BCUT2D eigenvalue weighted by Crippen LogP contribution is 2.05. The zero-order valence-electron chi connectivity index (χ0n) is 10.1. The Morgan fingerprint density at radius 1 is 1.00 bits per heavy atom. The molecule has 1 aromatic heterocycles. The highest BCUT2D eigenvalue weighted by Gasteiger charge is 2.14. The quantitative estimate of drug-likeness (QED) is 0.764. The minimum atomic E-state index is 0.590. The Morgan fingerprint density at radius 2 is 1.69 bits per heavy atom. The fourth-order valence-corrected chi connectivity index (χ4v) is 1.56. The number of anilines is 1. The number of rotatable bonds is 2. The Bertz CT molecular complexity index is 358. The summed E-state index contributed by atoms with van der Waals surface area (Å²) in [5, 5.41) is 10.2. The largest absolute Gasteiger partial charge is 0.304 e. The van der Waals surface area contributed by atoms with Crippen molar-refractivity contribution >= 4 is 5.95 Å². The van der Waals surface area contributed by atoms with Crippen LogP contribution in [-0.2, 0) is 0 Å². The molecule has 2 rings (SSSR count). The van der Waals surface area contributed by atoms with Crippen LogP contribution in [0.25, 0.3) is 0 Å². The lowest BCUT2D eigenvalue weighted by Gasteiger charge is -2.32. The standard InChI is InChI=1S/C10H18N6/c1-8-9(2)12-13-10(11-8)14-16-6-4-15(3)5-7-16/h4-7H2,1-3H3,(H,11,13,14). The third-order valence-electron chi connectivity index (χ3n) is 2.85. The van der Waals surface area contributed by atoms with Gasteiger partial charge < -0.3 is 4.90 Å². The molecule has 1 N–H and O–H groups in total. The van der Waals surface area contributed by atoms with Crippen molar-refractivity contribution in [3.8, 4) is 0 Å². The first kappa shape index (κ1) is 11.2. The van der Waals surface area contributed by atoms with Crippen LogP contribution < -0.4 is 5.43 Å². The van der Waals surface area contributed by atoms with Crippen LogP contribution in [0, 0.1) is 13.8 Å². The van der Waals surface area contributed by atoms with Crippen LogP contribution in [0.15, 0.2) is 0 Å². The fraction of sp³-hybridized carbons (Fsp3) is 0.700. The SMILES string of the molecule is Cc1nnc(NN2CCN(C)CC2)nc1C. The molecule has 1 aromatic rings. The molecule has 16 heavy (non-hydrogen) atoms. The van der Waals surface area contributed by atoms with Gasteiger partial charge in [0.05, 0.1) is 11.4 Å². The summed E-state index contributed by atoms with van der Waals surface area (Å²) in [4.78, 5) is 6.65. The number of hydrazine groups is 1. The lowest BCUT2D eigenvalue weighted by atomic mass is 10.4. The fourth-order valence-electron chi connectivity index (χ4n) is 1.56. The van der Waals surface area contributed by atoms with Crippen LogP contribution in [0.4, 0.5) is 5.95 Å². The Morgan fingerprint density at radius 3 is 2.31 bits per heavy atom. The van der Waals surface area contributed by atoms with Crippen molar-refractivity contribution in [2.75, 3.05) is 38.7 Å². The van der Waals surface area contributed by atoms with Crippen molar-refractivity contribution in [2.45, 2.75) is 13.8 Å². The van der Waals surface area contributed by atoms with Crippen LogP contribution in [0.1, 0.15) is 11.4 Å². The molecule has 1 saturated heterocycles. The molecule has 0 amide bonds. The molecule has 0 saturated carbocycles. The molecule has 0 bridgehead atoms. The Labute approximate surface area is 95.6 Å². The van der Waals surface area contributed by atoms with Crippen molar-refractivity contribution in [3.63, 3.8) is 0 Å². The summed E-state index contributed by atoms with van der Waals surface area (Å²) in [5.74, 6) is 0.590. The predicted molar refractivity (Wildman–Crippen MR) is 62.0 cm³/mol. The highest BCUT2D eigenvalue weighted by atomic mass is 15.6. The van der Waals surface area contributed by atoms with Crippen molar-refractivity contribution in [3.05, 3.63) is 11.4 Å². The van der Waals surface area contributed by atoms with E-state index in [2.05, 4.69) is 37.6 Å². The second kappa shape index (κ2) is 4.71. The molecule has 2 heterocycles. The van der Waals surface area contributed by atoms with E-state index in [4.69, 9.17) is 0 Å². The molecule has 1 fully saturated rings. The van der Waals surface area contributed by atoms with Crippen molar-refractivity contribution in [1.29, 1.82) is 0 Å². The van der Waals surface area contributed by atoms with Crippen LogP contribution >= 0.6 is 0 Å². The van der Waals surface area contributed by atoms with E-state index in [1.807, 2.05) is 13.8 Å². The first-order valence-corrected chi connectivity index (χ1v) is 5.53. The molecule has 6 nitrogen and oxygen atoms in total. The van der Waals surface area contributed by atoms with Crippen molar-refractivity contribution < 1.29 is 0 Å². The number of aromatic nitrogens is 3. The zero-order valence-corrected chi connectivity index (χ0v) is 10.1. The molecule has 0 unspecified atom stereocenters. The molecular formula is C10H18N6. The summed E-state index contributed by atoms with van der Waals surface area (Å²) in [5.41, 5.74) is 4.99. The van der Waals surface area contributed by atoms with E-state index in [1.165, 1.54) is 0 Å². The van der Waals surface area contributed by atoms with Gasteiger partial charge in [0.2, 0.25) is 0 Å². The summed E-state index contributed by atoms with van der Waals surface area (Å²) in [6, 6.07) is 0. The lowest BCUT2D eigenvalue weighted by molar-refractivity contribution is 0.178. The molecule has 0 radical (unpaired) electrons. The Hall–Kier alpha value is -1.27. The summed E-state index contributed by atoms with van der Waals surface area (Å²) < 4.78 is 0. The van der Waals surface area contributed by atoms with Gasteiger partial charge in [-0.3, -0.25) is 5.43 Å². The van der Waals surface area contributed by atoms with Crippen LogP contribution in [0.2, 0.25) is 0 Å². The maximum atomic E-state index is 4.35. The average Bonchev–Trinajstić information content (AvgIpc) is 2.27. The van der Waals surface area contributed by atoms with E-state index < -0.39 is 0 Å². The van der Waals surface area contributed by atoms with E-state index in [0.29, 0.717) is 5.95 Å². The van der Waals surface area contributed by atoms with Crippen LogP contribution in [0.5, 0.6) is 0 Å². The Balaban J connectivity index is 1.96. The van der Waals surface area contributed by atoms with Crippen molar-refractivity contribution in [2.24, 2.45) is 0 Å². The second-order valence-electron chi connectivity index (χ2n) is 4.21. The molecular weight excluding hydrogens is 204 g/mol. The van der Waals surface area contributed by atoms with E-state index in [9.17, 15) is 0 Å². The number of aryl methyl sites for hydroxylation is 2. The molecule has 0 atom stereocenters. The number of hydrogen-bond donors (Lipinski definition) is 1. The predicted octanol–water partition coefficient (Wildman–Crippen LogP) is 0.0627. The van der Waals surface area contributed by atoms with E-state index in [-0.39, 0.29) is 0 Å². The number of nitrogens with zero attached hydrogens (tertiary/aromatic N) is 5. The molecule has 1 aliphatic heterocycles. The van der Waals surface area contributed by atoms with Gasteiger partial charge in [-0.25, -0.2) is 9.99 Å². The summed E-state index contributed by atoms with van der Waals surface area (Å²) in [6.45, 7) is 7.93. The molecule has 0 aromatic carbocycles. The van der Waals surface area contributed by atoms with Crippen molar-refractivity contribution in [1.82, 2.24) is 25.1 Å². The molecule has 0 aliphatic carbocycles. The van der Waals surface area contributed by atoms with E-state index in [1.54, 1.807) is 0 Å². The molecule has 1 aliphatic rings. The third-order valence-corrected chi connectivity index (χ3v) is 2.85. The second-order valence-corrected chi connectivity index (χ2v) is 4.21. The van der Waals surface area contributed by atoms with E-state index in [0.717, 1.165) is 37.6 Å². The molecule has 6 heteroatoms. The minimum absolute atomic E-state index is 0.590. The zero-order chi connectivity index (χ0) is 11.5. The van der Waals surface area contributed by atoms with Gasteiger partial charge in [-0.15, -0.1) is 5.10 Å². The van der Waals surface area contributed by atoms with Crippen LogP contribution in [0.3, 0.4) is 0 Å². The van der Waals surface area contributed by atoms with Gasteiger partial charge in [0.15, 0.2) is 0 Å². The smallest absolute Gasteiger partial charge is 0.257 e. The first-order valence-electron chi connectivity index (χ1n) is 5.53. The summed E-state index contributed by atoms with van der Waals surface area (Å²) in [7, 11) is 2.13. The number of likely N-dealkylation sites (N-methyl/N-ethyl adjacent to an activating group) is 1. The van der Waals surface area contributed by atoms with Gasteiger partial charge in [0.1, 0.15) is 0 Å². The lowest BCUT2D eigenvalue weighted by Crippen LogP contribution is -2.47. The van der Waals surface area contributed by atoms with Crippen LogP contribution in [-0.4, -0.2) is 58.3 Å². The number of piperazine rings is 1. The minimum Gasteiger partial charge on any atom is -0.304 e. The van der Waals surface area contributed by atoms with Gasteiger partial charge in [-0.1, -0.05) is 0 Å². The maximum Gasteiger partial charge on any atom is 0.257 e. The van der Waals surface area contributed by atoms with Gasteiger partial charge in [-0.05, 0) is 20.9 Å². The maximum absolute atomic E-state index is 4.35. The normalized spacial score (nSPS) is 18.7. The van der Waals surface area contributed by atoms with Gasteiger partial charge in [0, 0.05) is 26.2 Å². The van der Waals surface area contributed by atoms with E-state index >= 15 is 0 Å². The first-order chi connectivity index (χ1) is 7.65. The summed E-state index contributed by atoms with van der Waals surface area (Å²) >= 11 is 0. The molecule has 0 spiro atoms. The van der Waals surface area contributed by atoms with Gasteiger partial charge >= 0.3 is 0 Å². The number of hydrogen-bond acceptors (Lipinski definition) is 6. The number of nitrogens with one attached hydrogen (secondary N) is 1. The third kappa shape index (κ3) is 2.65. The topological polar surface area (TPSA) is 57.2 Å². The highest BCUT2D eigenvalue weighted by molar-refractivity contribution is 5.23. The average molecular weight is 222 g/mol. The monoisotopic (exact) mass is 222 g/mol. The summed E-state index contributed by atoms with van der Waals surface area (Å²) in [6.07, 6.45) is 0. The van der Waals surface area contributed by atoms with Gasteiger partial charge in [0.25, 0.3) is 5.95 Å². The van der Waals surface area contributed by atoms with Gasteiger partial charge in [-0.2, -0.15) is 5.10 Å².